The molecular weight excluding hydrogens is 268 g/mol. The molecule has 3 aliphatic rings. The zero-order valence-electron chi connectivity index (χ0n) is 12.9. The molecule has 0 aromatic rings. The number of rotatable bonds is 4. The molecule has 20 heavy (non-hydrogen) atoms. The molecule has 3 aliphatic heterocycles. The summed E-state index contributed by atoms with van der Waals surface area (Å²) >= 11 is 2.09. The predicted octanol–water partition coefficient (Wildman–Crippen LogP) is 2.36. The van der Waals surface area contributed by atoms with Gasteiger partial charge in [0.15, 0.2) is 0 Å². The molecule has 0 aromatic heterocycles. The SMILES string of the molecule is CCNCC1CCCN(C2CCOC3(CCSC3)C2)C1. The van der Waals surface area contributed by atoms with Gasteiger partial charge in [0.2, 0.25) is 0 Å². The first-order chi connectivity index (χ1) is 9.81. The van der Waals surface area contributed by atoms with Crippen LogP contribution in [-0.2, 0) is 4.74 Å². The zero-order chi connectivity index (χ0) is 13.8. The van der Waals surface area contributed by atoms with Gasteiger partial charge in [-0.25, -0.2) is 0 Å². The van der Waals surface area contributed by atoms with Gasteiger partial charge in [0, 0.05) is 24.9 Å². The Morgan fingerprint density at radius 3 is 3.15 bits per heavy atom. The van der Waals surface area contributed by atoms with Crippen LogP contribution in [0.1, 0.15) is 39.0 Å². The normalized spacial score (nSPS) is 39.5. The lowest BCUT2D eigenvalue weighted by Gasteiger charge is -2.45. The molecule has 3 unspecified atom stereocenters. The molecule has 0 amide bonds. The van der Waals surface area contributed by atoms with Crippen molar-refractivity contribution >= 4 is 11.8 Å². The molecule has 3 saturated heterocycles. The smallest absolute Gasteiger partial charge is 0.0795 e. The Labute approximate surface area is 128 Å². The first-order valence-corrected chi connectivity index (χ1v) is 9.63. The van der Waals surface area contributed by atoms with Crippen molar-refractivity contribution < 1.29 is 4.74 Å². The first kappa shape index (κ1) is 15.1. The van der Waals surface area contributed by atoms with Crippen LogP contribution in [0.25, 0.3) is 0 Å². The quantitative estimate of drug-likeness (QED) is 0.861. The molecule has 0 bridgehead atoms. The highest BCUT2D eigenvalue weighted by Gasteiger charge is 2.42. The molecule has 0 saturated carbocycles. The Balaban J connectivity index is 1.54. The van der Waals surface area contributed by atoms with Gasteiger partial charge in [0.25, 0.3) is 0 Å². The minimum Gasteiger partial charge on any atom is -0.374 e. The predicted molar refractivity (Wildman–Crippen MR) is 86.5 cm³/mol. The van der Waals surface area contributed by atoms with Crippen LogP contribution in [0.5, 0.6) is 0 Å². The molecule has 3 atom stereocenters. The number of hydrogen-bond acceptors (Lipinski definition) is 4. The van der Waals surface area contributed by atoms with Crippen molar-refractivity contribution in [1.82, 2.24) is 10.2 Å². The molecule has 116 valence electrons. The van der Waals surface area contributed by atoms with Gasteiger partial charge in [-0.15, -0.1) is 0 Å². The maximum Gasteiger partial charge on any atom is 0.0795 e. The summed E-state index contributed by atoms with van der Waals surface area (Å²) in [6.45, 7) is 8.13. The van der Waals surface area contributed by atoms with E-state index in [1.807, 2.05) is 0 Å². The number of ether oxygens (including phenoxy) is 1. The van der Waals surface area contributed by atoms with E-state index in [-0.39, 0.29) is 5.60 Å². The number of nitrogens with zero attached hydrogens (tertiary/aromatic N) is 1. The van der Waals surface area contributed by atoms with Crippen molar-refractivity contribution in [2.45, 2.75) is 50.7 Å². The second-order valence-corrected chi connectivity index (χ2v) is 7.90. The molecule has 4 heteroatoms. The van der Waals surface area contributed by atoms with Crippen molar-refractivity contribution in [3.8, 4) is 0 Å². The van der Waals surface area contributed by atoms with Crippen molar-refractivity contribution in [2.24, 2.45) is 5.92 Å². The van der Waals surface area contributed by atoms with Crippen molar-refractivity contribution in [3.05, 3.63) is 0 Å². The number of likely N-dealkylation sites (tertiary alicyclic amines) is 1. The van der Waals surface area contributed by atoms with E-state index in [2.05, 4.69) is 28.9 Å². The molecule has 3 nitrogen and oxygen atoms in total. The van der Waals surface area contributed by atoms with Gasteiger partial charge < -0.3 is 10.1 Å². The van der Waals surface area contributed by atoms with Crippen LogP contribution in [0, 0.1) is 5.92 Å². The van der Waals surface area contributed by atoms with E-state index in [0.717, 1.165) is 25.1 Å². The fourth-order valence-electron chi connectivity index (χ4n) is 4.12. The van der Waals surface area contributed by atoms with Crippen LogP contribution in [0.4, 0.5) is 0 Å². The van der Waals surface area contributed by atoms with E-state index < -0.39 is 0 Å². The Bertz CT molecular complexity index is 307. The average molecular weight is 298 g/mol. The van der Waals surface area contributed by atoms with Gasteiger partial charge in [0.05, 0.1) is 5.60 Å². The minimum atomic E-state index is 0.238. The van der Waals surface area contributed by atoms with Gasteiger partial charge in [-0.1, -0.05) is 6.92 Å². The molecule has 0 aliphatic carbocycles. The van der Waals surface area contributed by atoms with Crippen LogP contribution in [0.2, 0.25) is 0 Å². The van der Waals surface area contributed by atoms with Crippen molar-refractivity contribution in [1.29, 1.82) is 0 Å². The van der Waals surface area contributed by atoms with Crippen LogP contribution in [-0.4, -0.2) is 60.8 Å². The Morgan fingerprint density at radius 2 is 2.35 bits per heavy atom. The standard InChI is InChI=1S/C16H30N2OS/c1-2-17-11-14-4-3-7-18(12-14)15-5-8-19-16(10-15)6-9-20-13-16/h14-15,17H,2-13H2,1H3. The Kier molecular flexibility index (Phi) is 5.29. The molecule has 0 aromatic carbocycles. The molecule has 3 heterocycles. The van der Waals surface area contributed by atoms with Gasteiger partial charge >= 0.3 is 0 Å². The highest BCUT2D eigenvalue weighted by molar-refractivity contribution is 7.99. The molecular formula is C16H30N2OS. The van der Waals surface area contributed by atoms with Crippen LogP contribution in [0.15, 0.2) is 0 Å². The maximum atomic E-state index is 6.18. The summed E-state index contributed by atoms with van der Waals surface area (Å²) in [5.74, 6) is 3.40. The lowest BCUT2D eigenvalue weighted by atomic mass is 9.87. The molecule has 1 N–H and O–H groups in total. The fourth-order valence-corrected chi connectivity index (χ4v) is 5.50. The highest BCUT2D eigenvalue weighted by Crippen LogP contribution is 2.40. The number of piperidine rings is 1. The van der Waals surface area contributed by atoms with E-state index in [1.54, 1.807) is 0 Å². The lowest BCUT2D eigenvalue weighted by molar-refractivity contribution is -0.0938. The third-order valence-corrected chi connectivity index (χ3v) is 6.51. The summed E-state index contributed by atoms with van der Waals surface area (Å²) in [6.07, 6.45) is 6.61. The second kappa shape index (κ2) is 6.99. The van der Waals surface area contributed by atoms with E-state index in [0.29, 0.717) is 0 Å². The Hall–Kier alpha value is 0.230. The largest absolute Gasteiger partial charge is 0.374 e. The number of hydrogen-bond donors (Lipinski definition) is 1. The number of thioether (sulfide) groups is 1. The van der Waals surface area contributed by atoms with Gasteiger partial charge in [-0.05, 0) is 63.4 Å². The molecule has 3 fully saturated rings. The van der Waals surface area contributed by atoms with Gasteiger partial charge in [-0.2, -0.15) is 11.8 Å². The summed E-state index contributed by atoms with van der Waals surface area (Å²) in [6, 6.07) is 0.784. The molecule has 0 radical (unpaired) electrons. The topological polar surface area (TPSA) is 24.5 Å². The lowest BCUT2D eigenvalue weighted by Crippen LogP contribution is -2.52. The average Bonchev–Trinajstić information content (AvgIpc) is 2.93. The van der Waals surface area contributed by atoms with Gasteiger partial charge in [-0.3, -0.25) is 4.90 Å². The second-order valence-electron chi connectivity index (χ2n) is 6.79. The van der Waals surface area contributed by atoms with Crippen LogP contribution in [0.3, 0.4) is 0 Å². The van der Waals surface area contributed by atoms with Gasteiger partial charge in [0.1, 0.15) is 0 Å². The van der Waals surface area contributed by atoms with E-state index in [1.165, 1.54) is 63.2 Å². The maximum absolute atomic E-state index is 6.18. The summed E-state index contributed by atoms with van der Waals surface area (Å²) in [5, 5.41) is 3.54. The summed E-state index contributed by atoms with van der Waals surface area (Å²) in [7, 11) is 0. The molecule has 3 rings (SSSR count). The third kappa shape index (κ3) is 3.52. The zero-order valence-corrected chi connectivity index (χ0v) is 13.7. The van der Waals surface area contributed by atoms with Crippen molar-refractivity contribution in [2.75, 3.05) is 44.3 Å². The molecule has 1 spiro atoms. The third-order valence-electron chi connectivity index (χ3n) is 5.28. The van der Waals surface area contributed by atoms with E-state index >= 15 is 0 Å². The van der Waals surface area contributed by atoms with Crippen LogP contribution < -0.4 is 5.32 Å². The summed E-state index contributed by atoms with van der Waals surface area (Å²) in [4.78, 5) is 2.79. The summed E-state index contributed by atoms with van der Waals surface area (Å²) < 4.78 is 6.18. The van der Waals surface area contributed by atoms with Crippen molar-refractivity contribution in [3.63, 3.8) is 0 Å². The fraction of sp³-hybridized carbons (Fsp3) is 1.00. The van der Waals surface area contributed by atoms with Crippen LogP contribution >= 0.6 is 11.8 Å². The highest BCUT2D eigenvalue weighted by atomic mass is 32.2. The summed E-state index contributed by atoms with van der Waals surface area (Å²) in [5.41, 5.74) is 0.238. The van der Waals surface area contributed by atoms with E-state index in [9.17, 15) is 0 Å². The first-order valence-electron chi connectivity index (χ1n) is 8.48. The Morgan fingerprint density at radius 1 is 1.40 bits per heavy atom. The minimum absolute atomic E-state index is 0.238. The number of nitrogens with one attached hydrogen (secondary N) is 1. The monoisotopic (exact) mass is 298 g/mol. The van der Waals surface area contributed by atoms with E-state index in [4.69, 9.17) is 4.74 Å².